The van der Waals surface area contributed by atoms with Crippen LogP contribution in [-0.4, -0.2) is 5.78 Å². The van der Waals surface area contributed by atoms with Crippen molar-refractivity contribution < 1.29 is 4.79 Å². The minimum absolute atomic E-state index is 0.0899. The second-order valence-corrected chi connectivity index (χ2v) is 8.71. The molecule has 4 aliphatic rings. The molecule has 0 heterocycles. The van der Waals surface area contributed by atoms with E-state index in [1.54, 1.807) is 0 Å². The molecule has 1 nitrogen and oxygen atoms in total. The zero-order chi connectivity index (χ0) is 19.1. The molecule has 0 amide bonds. The van der Waals surface area contributed by atoms with E-state index >= 15 is 0 Å². The third-order valence-electron chi connectivity index (χ3n) is 7.44. The molecule has 1 saturated carbocycles. The van der Waals surface area contributed by atoms with Crippen molar-refractivity contribution in [3.05, 3.63) is 123 Å². The van der Waals surface area contributed by atoms with Gasteiger partial charge in [0, 0.05) is 5.92 Å². The fourth-order valence-electron chi connectivity index (χ4n) is 6.39. The van der Waals surface area contributed by atoms with E-state index < -0.39 is 0 Å². The highest BCUT2D eigenvalue weighted by molar-refractivity contribution is 6.06. The number of carbonyl (C=O) groups is 1. The number of carbonyl (C=O) groups excluding carboxylic acids is 1. The Balaban J connectivity index is 1.56. The lowest BCUT2D eigenvalue weighted by Crippen LogP contribution is -2.36. The highest BCUT2D eigenvalue weighted by Crippen LogP contribution is 2.62. The molecule has 0 aliphatic heterocycles. The fourth-order valence-corrected chi connectivity index (χ4v) is 6.39. The monoisotopic (exact) mass is 372 g/mol. The predicted octanol–water partition coefficient (Wildman–Crippen LogP) is 5.73. The lowest BCUT2D eigenvalue weighted by atomic mass is 9.58. The van der Waals surface area contributed by atoms with Crippen molar-refractivity contribution in [3.63, 3.8) is 0 Å². The summed E-state index contributed by atoms with van der Waals surface area (Å²) in [5.41, 5.74) is 12.2. The van der Waals surface area contributed by atoms with Crippen LogP contribution in [0.25, 0.3) is 5.57 Å². The molecule has 138 valence electrons. The molecule has 1 heteroatoms. The average molecular weight is 372 g/mol. The van der Waals surface area contributed by atoms with E-state index in [2.05, 4.69) is 72.8 Å². The second kappa shape index (κ2) is 5.45. The van der Waals surface area contributed by atoms with Crippen LogP contribution >= 0.6 is 0 Å². The molecule has 0 saturated heterocycles. The molecule has 0 spiro atoms. The quantitative estimate of drug-likeness (QED) is 0.499. The van der Waals surface area contributed by atoms with Crippen molar-refractivity contribution >= 4 is 11.4 Å². The normalized spacial score (nSPS) is 25.4. The van der Waals surface area contributed by atoms with Gasteiger partial charge in [0.25, 0.3) is 0 Å². The maximum atomic E-state index is 14.0. The van der Waals surface area contributed by atoms with Crippen molar-refractivity contribution in [1.82, 2.24) is 0 Å². The Morgan fingerprint density at radius 3 is 2.41 bits per heavy atom. The van der Waals surface area contributed by atoms with E-state index in [0.29, 0.717) is 5.78 Å². The summed E-state index contributed by atoms with van der Waals surface area (Å²) in [6, 6.07) is 25.8. The van der Waals surface area contributed by atoms with Gasteiger partial charge >= 0.3 is 0 Å². The fraction of sp³-hybridized carbons (Fsp3) is 0.179. The van der Waals surface area contributed by atoms with Crippen molar-refractivity contribution in [2.45, 2.75) is 30.6 Å². The van der Waals surface area contributed by atoms with Gasteiger partial charge in [-0.3, -0.25) is 4.79 Å². The van der Waals surface area contributed by atoms with Gasteiger partial charge in [0.2, 0.25) is 0 Å². The third kappa shape index (κ3) is 1.88. The van der Waals surface area contributed by atoms with Crippen LogP contribution in [0.15, 0.2) is 90.0 Å². The summed E-state index contributed by atoms with van der Waals surface area (Å²) in [4.78, 5) is 14.0. The number of hydrogen-bond acceptors (Lipinski definition) is 1. The van der Waals surface area contributed by atoms with E-state index in [1.165, 1.54) is 44.5 Å². The topological polar surface area (TPSA) is 17.1 Å². The van der Waals surface area contributed by atoms with Crippen molar-refractivity contribution in [1.29, 1.82) is 0 Å². The molecule has 29 heavy (non-hydrogen) atoms. The van der Waals surface area contributed by atoms with E-state index in [0.717, 1.165) is 18.4 Å². The maximum Gasteiger partial charge on any atom is 0.155 e. The molecule has 7 rings (SSSR count). The van der Waals surface area contributed by atoms with Gasteiger partial charge in [-0.05, 0) is 62.9 Å². The summed E-state index contributed by atoms with van der Waals surface area (Å²) in [6.45, 7) is 0. The summed E-state index contributed by atoms with van der Waals surface area (Å²) in [5.74, 6) is 0.396. The van der Waals surface area contributed by atoms with E-state index in [4.69, 9.17) is 0 Å². The number of allylic oxidation sites excluding steroid dienone is 4. The highest BCUT2D eigenvalue weighted by Gasteiger charge is 2.52. The predicted molar refractivity (Wildman–Crippen MR) is 115 cm³/mol. The van der Waals surface area contributed by atoms with Gasteiger partial charge in [-0.25, -0.2) is 0 Å². The van der Waals surface area contributed by atoms with Gasteiger partial charge < -0.3 is 0 Å². The van der Waals surface area contributed by atoms with Crippen LogP contribution in [0, 0.1) is 0 Å². The first-order valence-electron chi connectivity index (χ1n) is 10.5. The minimum Gasteiger partial charge on any atom is -0.298 e. The standard InChI is InChI=1S/C28H20O/c29-28-24(16-7-2-1-3-8-16)21-14-13-17-9-6-10-18-15-22-19-11-4-5-12-20(19)27(28)26(22)25(21)23(17)18/h1-12,14,24-25,27H,13,15H2. The van der Waals surface area contributed by atoms with Crippen molar-refractivity contribution in [2.24, 2.45) is 0 Å². The summed E-state index contributed by atoms with van der Waals surface area (Å²) in [6.07, 6.45) is 4.26. The first-order chi connectivity index (χ1) is 14.3. The van der Waals surface area contributed by atoms with Crippen LogP contribution in [0.1, 0.15) is 51.1 Å². The molecule has 3 unspecified atom stereocenters. The zero-order valence-corrected chi connectivity index (χ0v) is 16.1. The van der Waals surface area contributed by atoms with Crippen molar-refractivity contribution in [3.8, 4) is 0 Å². The largest absolute Gasteiger partial charge is 0.298 e. The average Bonchev–Trinajstić information content (AvgIpc) is 3.10. The Kier molecular flexibility index (Phi) is 2.95. The molecule has 1 fully saturated rings. The van der Waals surface area contributed by atoms with Gasteiger partial charge in [-0.2, -0.15) is 0 Å². The molecule has 0 bridgehead atoms. The van der Waals surface area contributed by atoms with Crippen LogP contribution in [0.3, 0.4) is 0 Å². The summed E-state index contributed by atoms with van der Waals surface area (Å²) in [5, 5.41) is 0. The molecular weight excluding hydrogens is 352 g/mol. The first kappa shape index (κ1) is 15.7. The molecule has 0 aromatic heterocycles. The maximum absolute atomic E-state index is 14.0. The number of fused-ring (bicyclic) bond motifs is 3. The Bertz CT molecular complexity index is 1270. The van der Waals surface area contributed by atoms with Gasteiger partial charge in [0.15, 0.2) is 5.78 Å². The van der Waals surface area contributed by atoms with Gasteiger partial charge in [-0.15, -0.1) is 0 Å². The smallest absolute Gasteiger partial charge is 0.155 e. The molecule has 3 atom stereocenters. The van der Waals surface area contributed by atoms with Gasteiger partial charge in [0.1, 0.15) is 0 Å². The molecule has 0 radical (unpaired) electrons. The SMILES string of the molecule is O=C1C(c2ccccc2)C2=CCc3cccc4c3C2C2=C(C4)c3ccccc3C12. The zero-order valence-electron chi connectivity index (χ0n) is 16.1. The molecular formula is C28H20O. The van der Waals surface area contributed by atoms with E-state index in [9.17, 15) is 4.79 Å². The summed E-state index contributed by atoms with van der Waals surface area (Å²) in [7, 11) is 0. The molecule has 0 N–H and O–H groups in total. The Hall–Kier alpha value is -3.19. The lowest BCUT2D eigenvalue weighted by molar-refractivity contribution is -0.121. The lowest BCUT2D eigenvalue weighted by Gasteiger charge is -2.43. The van der Waals surface area contributed by atoms with Gasteiger partial charge in [0.05, 0.1) is 11.8 Å². The number of hydrogen-bond donors (Lipinski definition) is 0. The van der Waals surface area contributed by atoms with Crippen molar-refractivity contribution in [2.75, 3.05) is 0 Å². The number of benzene rings is 3. The van der Waals surface area contributed by atoms with E-state index in [-0.39, 0.29) is 17.8 Å². The van der Waals surface area contributed by atoms with Gasteiger partial charge in [-0.1, -0.05) is 78.9 Å². The number of ketones is 1. The number of Topliss-reactive ketones (excluding diaryl/α,β-unsaturated/α-hetero) is 1. The number of rotatable bonds is 1. The molecule has 3 aromatic rings. The second-order valence-electron chi connectivity index (χ2n) is 8.71. The Labute approximate surface area is 170 Å². The minimum atomic E-state index is -0.137. The van der Waals surface area contributed by atoms with Crippen LogP contribution < -0.4 is 0 Å². The molecule has 4 aliphatic carbocycles. The van der Waals surface area contributed by atoms with Crippen LogP contribution in [-0.2, 0) is 17.6 Å². The summed E-state index contributed by atoms with van der Waals surface area (Å²) >= 11 is 0. The summed E-state index contributed by atoms with van der Waals surface area (Å²) < 4.78 is 0. The Morgan fingerprint density at radius 2 is 1.52 bits per heavy atom. The van der Waals surface area contributed by atoms with Crippen LogP contribution in [0.4, 0.5) is 0 Å². The third-order valence-corrected chi connectivity index (χ3v) is 7.44. The van der Waals surface area contributed by atoms with Crippen LogP contribution in [0.5, 0.6) is 0 Å². The van der Waals surface area contributed by atoms with E-state index in [1.807, 2.05) is 6.07 Å². The highest BCUT2D eigenvalue weighted by atomic mass is 16.1. The Morgan fingerprint density at radius 1 is 0.724 bits per heavy atom. The molecule has 3 aromatic carbocycles. The van der Waals surface area contributed by atoms with Crippen LogP contribution in [0.2, 0.25) is 0 Å². The first-order valence-corrected chi connectivity index (χ1v) is 10.5.